The van der Waals surface area contributed by atoms with Gasteiger partial charge in [0.25, 0.3) is 0 Å². The van der Waals surface area contributed by atoms with E-state index >= 15 is 0 Å². The molecule has 82 valence electrons. The second kappa shape index (κ2) is 6.08. The van der Waals surface area contributed by atoms with Crippen LogP contribution in [0.5, 0.6) is 0 Å². The number of furan rings is 1. The van der Waals surface area contributed by atoms with Crippen molar-refractivity contribution in [3.05, 3.63) is 24.2 Å². The minimum atomic E-state index is 0.151. The second-order valence-electron chi connectivity index (χ2n) is 3.37. The molecule has 0 saturated heterocycles. The Morgan fingerprint density at radius 1 is 1.67 bits per heavy atom. The zero-order valence-electron chi connectivity index (χ0n) is 8.86. The van der Waals surface area contributed by atoms with Crippen LogP contribution >= 0.6 is 24.0 Å². The van der Waals surface area contributed by atoms with Crippen molar-refractivity contribution in [3.63, 3.8) is 0 Å². The molecule has 1 aromatic rings. The number of hydrogen-bond donors (Lipinski definition) is 0. The van der Waals surface area contributed by atoms with Crippen LogP contribution in [0.15, 0.2) is 23.0 Å². The fourth-order valence-corrected chi connectivity index (χ4v) is 2.18. The third-order valence-electron chi connectivity index (χ3n) is 2.22. The monoisotopic (exact) mass is 242 g/mol. The van der Waals surface area contributed by atoms with Crippen LogP contribution in [-0.2, 0) is 4.79 Å². The molecule has 1 rings (SSSR count). The van der Waals surface area contributed by atoms with E-state index in [9.17, 15) is 4.79 Å². The first-order valence-electron chi connectivity index (χ1n) is 4.74. The molecule has 0 aliphatic rings. The third kappa shape index (κ3) is 3.80. The van der Waals surface area contributed by atoms with Gasteiger partial charge in [0.2, 0.25) is 0 Å². The van der Waals surface area contributed by atoms with Crippen molar-refractivity contribution in [1.82, 2.24) is 0 Å². The van der Waals surface area contributed by atoms with Gasteiger partial charge in [-0.3, -0.25) is 0 Å². The van der Waals surface area contributed by atoms with Crippen molar-refractivity contribution in [2.24, 2.45) is 0 Å². The Bertz CT molecular complexity index is 330. The van der Waals surface area contributed by atoms with Crippen LogP contribution in [0.1, 0.15) is 31.2 Å². The Morgan fingerprint density at radius 2 is 2.40 bits per heavy atom. The van der Waals surface area contributed by atoms with Gasteiger partial charge in [0.05, 0.1) is 16.7 Å². The van der Waals surface area contributed by atoms with Gasteiger partial charge in [0.15, 0.2) is 0 Å². The highest BCUT2D eigenvalue weighted by atomic mass is 32.2. The zero-order chi connectivity index (χ0) is 11.3. The van der Waals surface area contributed by atoms with Crippen molar-refractivity contribution in [2.45, 2.75) is 25.7 Å². The minimum Gasteiger partial charge on any atom is -0.472 e. The minimum absolute atomic E-state index is 0.151. The summed E-state index contributed by atoms with van der Waals surface area (Å²) in [5.74, 6) is 0.352. The predicted molar refractivity (Wildman–Crippen MR) is 67.5 cm³/mol. The zero-order valence-corrected chi connectivity index (χ0v) is 10.5. The molecule has 0 aliphatic heterocycles. The van der Waals surface area contributed by atoms with E-state index in [0.717, 1.165) is 16.2 Å². The van der Waals surface area contributed by atoms with Gasteiger partial charge in [-0.25, -0.2) is 0 Å². The van der Waals surface area contributed by atoms with E-state index in [1.807, 2.05) is 12.3 Å². The number of rotatable bonds is 5. The van der Waals surface area contributed by atoms with Crippen LogP contribution in [0.25, 0.3) is 0 Å². The highest BCUT2D eigenvalue weighted by Crippen LogP contribution is 2.28. The van der Waals surface area contributed by atoms with Gasteiger partial charge in [-0.1, -0.05) is 12.2 Å². The molecule has 1 aromatic heterocycles. The first-order valence-corrected chi connectivity index (χ1v) is 6.37. The maximum Gasteiger partial charge on any atom is 0.129 e. The summed E-state index contributed by atoms with van der Waals surface area (Å²) in [7, 11) is 0. The number of carbonyl (C=O) groups excluding carboxylic acids is 1. The van der Waals surface area contributed by atoms with Crippen molar-refractivity contribution in [2.75, 3.05) is 6.26 Å². The normalized spacial score (nSPS) is 12.4. The highest BCUT2D eigenvalue weighted by molar-refractivity contribution is 8.22. The summed E-state index contributed by atoms with van der Waals surface area (Å²) in [6.45, 7) is 1.61. The molecule has 0 N–H and O–H groups in total. The van der Waals surface area contributed by atoms with Gasteiger partial charge in [-0.2, -0.15) is 0 Å². The number of hydrogen-bond acceptors (Lipinski definition) is 4. The molecule has 15 heavy (non-hydrogen) atoms. The van der Waals surface area contributed by atoms with Crippen LogP contribution < -0.4 is 0 Å². The van der Waals surface area contributed by atoms with E-state index in [2.05, 4.69) is 0 Å². The van der Waals surface area contributed by atoms with E-state index in [1.165, 1.54) is 0 Å². The summed E-state index contributed by atoms with van der Waals surface area (Å²) < 4.78 is 5.96. The first-order chi connectivity index (χ1) is 7.15. The number of Topliss-reactive ketones (excluding diaryl/α,β-unsaturated/α-hetero) is 1. The molecule has 1 heterocycles. The van der Waals surface area contributed by atoms with Gasteiger partial charge in [0, 0.05) is 12.3 Å². The van der Waals surface area contributed by atoms with Crippen molar-refractivity contribution in [1.29, 1.82) is 0 Å². The Labute approximate surface area is 99.4 Å². The van der Waals surface area contributed by atoms with Gasteiger partial charge in [-0.15, -0.1) is 11.8 Å². The van der Waals surface area contributed by atoms with E-state index < -0.39 is 0 Å². The predicted octanol–water partition coefficient (Wildman–Crippen LogP) is 3.42. The average molecular weight is 242 g/mol. The number of thioether (sulfide) groups is 1. The molecule has 0 bridgehead atoms. The molecule has 4 heteroatoms. The second-order valence-corrected chi connectivity index (χ2v) is 4.92. The first kappa shape index (κ1) is 12.5. The standard InChI is InChI=1S/C11H14O2S2/c1-8(12)3-4-10(11(14)15-2)9-5-6-13-7-9/h5-7,10H,3-4H2,1-2H3. The van der Waals surface area contributed by atoms with Crippen molar-refractivity contribution >= 4 is 34.0 Å². The topological polar surface area (TPSA) is 30.2 Å². The highest BCUT2D eigenvalue weighted by Gasteiger charge is 2.17. The molecule has 0 spiro atoms. The summed E-state index contributed by atoms with van der Waals surface area (Å²) in [6, 6.07) is 1.91. The van der Waals surface area contributed by atoms with E-state index in [4.69, 9.17) is 16.6 Å². The van der Waals surface area contributed by atoms with E-state index in [0.29, 0.717) is 6.42 Å². The summed E-state index contributed by atoms with van der Waals surface area (Å²) in [6.07, 6.45) is 6.64. The Hall–Kier alpha value is -0.610. The van der Waals surface area contributed by atoms with Gasteiger partial charge in [-0.05, 0) is 31.2 Å². The summed E-state index contributed by atoms with van der Waals surface area (Å²) in [5, 5.41) is 0. The largest absolute Gasteiger partial charge is 0.472 e. The Morgan fingerprint density at radius 3 is 2.87 bits per heavy atom. The number of carbonyl (C=O) groups is 1. The van der Waals surface area contributed by atoms with Crippen molar-refractivity contribution < 1.29 is 9.21 Å². The van der Waals surface area contributed by atoms with Gasteiger partial charge < -0.3 is 9.21 Å². The summed E-state index contributed by atoms with van der Waals surface area (Å²) in [5.41, 5.74) is 1.07. The summed E-state index contributed by atoms with van der Waals surface area (Å²) >= 11 is 6.85. The molecule has 1 unspecified atom stereocenters. The van der Waals surface area contributed by atoms with Crippen LogP contribution in [0.3, 0.4) is 0 Å². The maximum atomic E-state index is 11.0. The molecule has 1 atom stereocenters. The van der Waals surface area contributed by atoms with Gasteiger partial charge in [0.1, 0.15) is 5.78 Å². The van der Waals surface area contributed by atoms with Crippen LogP contribution in [0, 0.1) is 0 Å². The lowest BCUT2D eigenvalue weighted by Gasteiger charge is -2.13. The molecule has 0 radical (unpaired) electrons. The molecule has 0 amide bonds. The SMILES string of the molecule is CSC(=S)C(CCC(C)=O)c1ccoc1. The molecule has 0 saturated carbocycles. The lowest BCUT2D eigenvalue weighted by atomic mass is 9.97. The molecule has 2 nitrogen and oxygen atoms in total. The third-order valence-corrected chi connectivity index (χ3v) is 3.69. The van der Waals surface area contributed by atoms with Crippen LogP contribution in [0.4, 0.5) is 0 Å². The Kier molecular flexibility index (Phi) is 5.05. The van der Waals surface area contributed by atoms with Crippen LogP contribution in [0.2, 0.25) is 0 Å². The Balaban J connectivity index is 2.70. The quantitative estimate of drug-likeness (QED) is 0.740. The van der Waals surface area contributed by atoms with Crippen molar-refractivity contribution in [3.8, 4) is 0 Å². The fraction of sp³-hybridized carbons (Fsp3) is 0.455. The number of thiocarbonyl (C=S) groups is 1. The smallest absolute Gasteiger partial charge is 0.129 e. The molecule has 0 aromatic carbocycles. The lowest BCUT2D eigenvalue weighted by Crippen LogP contribution is -2.08. The summed E-state index contributed by atoms with van der Waals surface area (Å²) in [4.78, 5) is 11.0. The molecule has 0 aliphatic carbocycles. The maximum absolute atomic E-state index is 11.0. The van der Waals surface area contributed by atoms with E-state index in [1.54, 1.807) is 31.2 Å². The van der Waals surface area contributed by atoms with Crippen LogP contribution in [-0.4, -0.2) is 16.2 Å². The fourth-order valence-electron chi connectivity index (χ4n) is 1.38. The molecular formula is C11H14O2S2. The number of ketones is 1. The van der Waals surface area contributed by atoms with Gasteiger partial charge >= 0.3 is 0 Å². The van der Waals surface area contributed by atoms with E-state index in [-0.39, 0.29) is 11.7 Å². The molecule has 0 fully saturated rings. The lowest BCUT2D eigenvalue weighted by molar-refractivity contribution is -0.117. The average Bonchev–Trinajstić information content (AvgIpc) is 2.70. The molecular weight excluding hydrogens is 228 g/mol.